The van der Waals surface area contributed by atoms with E-state index in [1.54, 1.807) is 16.4 Å². The van der Waals surface area contributed by atoms with Gasteiger partial charge in [0, 0.05) is 18.4 Å². The number of sulfonamides is 1. The monoisotopic (exact) mass is 343 g/mol. The van der Waals surface area contributed by atoms with Crippen LogP contribution in [0.25, 0.3) is 0 Å². The Morgan fingerprint density at radius 1 is 1.11 bits per heavy atom. The second kappa shape index (κ2) is 5.19. The van der Waals surface area contributed by atoms with Crippen molar-refractivity contribution in [3.8, 4) is 0 Å². The Morgan fingerprint density at radius 3 is 2.21 bits per heavy atom. The van der Waals surface area contributed by atoms with E-state index in [-0.39, 0.29) is 0 Å². The molecule has 1 saturated carbocycles. The van der Waals surface area contributed by atoms with Crippen molar-refractivity contribution in [1.82, 2.24) is 4.31 Å². The molecule has 104 valence electrons. The summed E-state index contributed by atoms with van der Waals surface area (Å²) < 4.78 is 26.8. The minimum atomic E-state index is -3.29. The summed E-state index contributed by atoms with van der Waals surface area (Å²) in [7, 11) is -3.29. The van der Waals surface area contributed by atoms with E-state index in [1.807, 2.05) is 12.1 Å². The maximum Gasteiger partial charge on any atom is 0.243 e. The maximum atomic E-state index is 12.6. The zero-order valence-corrected chi connectivity index (χ0v) is 13.2. The Bertz CT molecular complexity index is 543. The molecule has 2 fully saturated rings. The molecule has 2 unspecified atom stereocenters. The number of nitrogens with zero attached hydrogens (tertiary/aromatic N) is 1. The molecule has 1 aromatic carbocycles. The van der Waals surface area contributed by atoms with Crippen LogP contribution < -0.4 is 0 Å². The van der Waals surface area contributed by atoms with Gasteiger partial charge in [0.15, 0.2) is 0 Å². The van der Waals surface area contributed by atoms with Crippen molar-refractivity contribution in [2.45, 2.75) is 29.5 Å². The van der Waals surface area contributed by atoms with Gasteiger partial charge in [0.25, 0.3) is 0 Å². The third kappa shape index (κ3) is 2.48. The van der Waals surface area contributed by atoms with Crippen LogP contribution in [0.5, 0.6) is 0 Å². The summed E-state index contributed by atoms with van der Waals surface area (Å²) in [5.74, 6) is 1.19. The Morgan fingerprint density at radius 2 is 1.68 bits per heavy atom. The molecule has 3 nitrogen and oxygen atoms in total. The molecule has 0 spiro atoms. The van der Waals surface area contributed by atoms with Gasteiger partial charge in [-0.25, -0.2) is 8.42 Å². The molecular formula is C14H18BrNO2S. The molecule has 1 aliphatic carbocycles. The molecule has 1 aromatic rings. The molecule has 0 bridgehead atoms. The van der Waals surface area contributed by atoms with Gasteiger partial charge in [-0.15, -0.1) is 0 Å². The molecule has 0 N–H and O–H groups in total. The molecule has 0 radical (unpaired) electrons. The van der Waals surface area contributed by atoms with E-state index in [4.69, 9.17) is 0 Å². The van der Waals surface area contributed by atoms with E-state index in [0.717, 1.165) is 10.9 Å². The SMILES string of the molecule is O=S(=O)(c1ccc(CBr)cc1)N1CC2CCCC2C1. The minimum Gasteiger partial charge on any atom is -0.207 e. The lowest BCUT2D eigenvalue weighted by atomic mass is 10.0. The van der Waals surface area contributed by atoms with Crippen molar-refractivity contribution in [1.29, 1.82) is 0 Å². The Balaban J connectivity index is 1.82. The smallest absolute Gasteiger partial charge is 0.207 e. The maximum absolute atomic E-state index is 12.6. The fourth-order valence-corrected chi connectivity index (χ4v) is 5.22. The van der Waals surface area contributed by atoms with Gasteiger partial charge < -0.3 is 0 Å². The van der Waals surface area contributed by atoms with Gasteiger partial charge in [-0.05, 0) is 42.4 Å². The van der Waals surface area contributed by atoms with Crippen LogP contribution in [0.4, 0.5) is 0 Å². The van der Waals surface area contributed by atoms with Crippen LogP contribution in [0.2, 0.25) is 0 Å². The molecular weight excluding hydrogens is 326 g/mol. The predicted molar refractivity (Wildman–Crippen MR) is 78.7 cm³/mol. The minimum absolute atomic E-state index is 0.428. The fourth-order valence-electron chi connectivity index (χ4n) is 3.29. The van der Waals surface area contributed by atoms with Crippen LogP contribution >= 0.6 is 15.9 Å². The lowest BCUT2D eigenvalue weighted by Crippen LogP contribution is -2.29. The fraction of sp³-hybridized carbons (Fsp3) is 0.571. The molecule has 0 amide bonds. The normalized spacial score (nSPS) is 27.6. The largest absolute Gasteiger partial charge is 0.243 e. The highest BCUT2D eigenvalue weighted by molar-refractivity contribution is 9.08. The summed E-state index contributed by atoms with van der Waals surface area (Å²) in [6.45, 7) is 1.43. The first-order chi connectivity index (χ1) is 9.11. The number of rotatable bonds is 3. The van der Waals surface area contributed by atoms with Crippen molar-refractivity contribution in [2.24, 2.45) is 11.8 Å². The van der Waals surface area contributed by atoms with Crippen molar-refractivity contribution in [3.63, 3.8) is 0 Å². The summed E-state index contributed by atoms with van der Waals surface area (Å²) >= 11 is 3.37. The van der Waals surface area contributed by atoms with Crippen LogP contribution in [-0.4, -0.2) is 25.8 Å². The van der Waals surface area contributed by atoms with E-state index >= 15 is 0 Å². The summed E-state index contributed by atoms with van der Waals surface area (Å²) in [6, 6.07) is 7.19. The number of halogens is 1. The highest BCUT2D eigenvalue weighted by Gasteiger charge is 2.41. The molecule has 2 atom stereocenters. The first-order valence-electron chi connectivity index (χ1n) is 6.76. The average Bonchev–Trinajstić information content (AvgIpc) is 2.99. The molecule has 19 heavy (non-hydrogen) atoms. The molecule has 3 rings (SSSR count). The van der Waals surface area contributed by atoms with Gasteiger partial charge in [0.05, 0.1) is 4.90 Å². The quantitative estimate of drug-likeness (QED) is 0.791. The summed E-state index contributed by atoms with van der Waals surface area (Å²) in [5.41, 5.74) is 1.09. The lowest BCUT2D eigenvalue weighted by Gasteiger charge is -2.17. The van der Waals surface area contributed by atoms with E-state index in [1.165, 1.54) is 19.3 Å². The van der Waals surface area contributed by atoms with Gasteiger partial charge in [0.2, 0.25) is 10.0 Å². The standard InChI is InChI=1S/C14H18BrNO2S/c15-8-11-4-6-14(7-5-11)19(17,18)16-9-12-2-1-3-13(12)10-16/h4-7,12-13H,1-3,8-10H2. The van der Waals surface area contributed by atoms with E-state index in [2.05, 4.69) is 15.9 Å². The highest BCUT2D eigenvalue weighted by Crippen LogP contribution is 2.39. The summed E-state index contributed by atoms with van der Waals surface area (Å²) in [4.78, 5) is 0.428. The van der Waals surface area contributed by atoms with Crippen LogP contribution in [0.3, 0.4) is 0 Å². The molecule has 2 aliphatic rings. The number of hydrogen-bond acceptors (Lipinski definition) is 2. The Labute approximate surface area is 123 Å². The number of fused-ring (bicyclic) bond motifs is 1. The molecule has 1 aliphatic heterocycles. The number of hydrogen-bond donors (Lipinski definition) is 0. The van der Waals surface area contributed by atoms with Gasteiger partial charge in [-0.3, -0.25) is 0 Å². The second-order valence-corrected chi connectivity index (χ2v) is 8.05. The first-order valence-corrected chi connectivity index (χ1v) is 9.32. The van der Waals surface area contributed by atoms with E-state index < -0.39 is 10.0 Å². The Hall–Kier alpha value is -0.390. The Kier molecular flexibility index (Phi) is 3.71. The van der Waals surface area contributed by atoms with E-state index in [0.29, 0.717) is 29.8 Å². The third-order valence-corrected chi connectivity index (χ3v) is 6.90. The van der Waals surface area contributed by atoms with Crippen molar-refractivity contribution in [2.75, 3.05) is 13.1 Å². The van der Waals surface area contributed by atoms with Crippen LogP contribution in [0.15, 0.2) is 29.2 Å². The lowest BCUT2D eigenvalue weighted by molar-refractivity contribution is 0.445. The predicted octanol–water partition coefficient (Wildman–Crippen LogP) is 3.00. The summed E-state index contributed by atoms with van der Waals surface area (Å²) in [5, 5.41) is 0.751. The molecule has 5 heteroatoms. The second-order valence-electron chi connectivity index (χ2n) is 5.55. The van der Waals surface area contributed by atoms with Crippen molar-refractivity contribution in [3.05, 3.63) is 29.8 Å². The van der Waals surface area contributed by atoms with E-state index in [9.17, 15) is 8.42 Å². The number of alkyl halides is 1. The van der Waals surface area contributed by atoms with Crippen molar-refractivity contribution >= 4 is 26.0 Å². The average molecular weight is 344 g/mol. The molecule has 0 aromatic heterocycles. The highest BCUT2D eigenvalue weighted by atomic mass is 79.9. The van der Waals surface area contributed by atoms with Crippen LogP contribution in [-0.2, 0) is 15.4 Å². The van der Waals surface area contributed by atoms with Gasteiger partial charge >= 0.3 is 0 Å². The van der Waals surface area contributed by atoms with Crippen LogP contribution in [0.1, 0.15) is 24.8 Å². The zero-order valence-electron chi connectivity index (χ0n) is 10.8. The first kappa shape index (κ1) is 13.6. The molecule has 1 heterocycles. The molecule has 1 saturated heterocycles. The van der Waals surface area contributed by atoms with Gasteiger partial charge in [0.1, 0.15) is 0 Å². The summed E-state index contributed by atoms with van der Waals surface area (Å²) in [6.07, 6.45) is 3.65. The van der Waals surface area contributed by atoms with Crippen molar-refractivity contribution < 1.29 is 8.42 Å². The van der Waals surface area contributed by atoms with Gasteiger partial charge in [-0.1, -0.05) is 34.5 Å². The number of benzene rings is 1. The third-order valence-electron chi connectivity index (χ3n) is 4.41. The van der Waals surface area contributed by atoms with Gasteiger partial charge in [-0.2, -0.15) is 4.31 Å². The topological polar surface area (TPSA) is 37.4 Å². The van der Waals surface area contributed by atoms with Crippen LogP contribution in [0, 0.1) is 11.8 Å². The zero-order chi connectivity index (χ0) is 13.5.